The molecule has 1 amide bonds. The van der Waals surface area contributed by atoms with Gasteiger partial charge in [0, 0.05) is 0 Å². The van der Waals surface area contributed by atoms with Gasteiger partial charge in [-0.05, 0) is 12.1 Å². The highest BCUT2D eigenvalue weighted by Crippen LogP contribution is 1.96. The van der Waals surface area contributed by atoms with Crippen LogP contribution in [0.15, 0.2) is 22.8 Å². The van der Waals surface area contributed by atoms with Gasteiger partial charge >= 0.3 is 5.91 Å². The molecule has 0 aliphatic rings. The first-order valence-corrected chi connectivity index (χ1v) is 2.80. The van der Waals surface area contributed by atoms with E-state index in [1.165, 1.54) is 19.4 Å². The molecule has 0 aromatic carbocycles. The largest absolute Gasteiger partial charge is 0.627 e. The summed E-state index contributed by atoms with van der Waals surface area (Å²) in [5, 5.41) is 9.93. The van der Waals surface area contributed by atoms with Crippen LogP contribution in [0.2, 0.25) is 0 Å². The van der Waals surface area contributed by atoms with Crippen molar-refractivity contribution < 1.29 is 14.3 Å². The van der Waals surface area contributed by atoms with Crippen LogP contribution in [-0.4, -0.2) is 13.0 Å². The summed E-state index contributed by atoms with van der Waals surface area (Å²) in [6.45, 7) is 0. The Kier molecular flexibility index (Phi) is 1.84. The quantitative estimate of drug-likeness (QED) is 0.533. The number of quaternary nitrogens is 1. The van der Waals surface area contributed by atoms with E-state index >= 15 is 0 Å². The van der Waals surface area contributed by atoms with Gasteiger partial charge in [-0.3, -0.25) is 0 Å². The maximum absolute atomic E-state index is 10.8. The molecule has 0 aliphatic carbocycles. The Hall–Kier alpha value is -1.13. The summed E-state index contributed by atoms with van der Waals surface area (Å²) in [6.07, 6.45) is 1.36. The van der Waals surface area contributed by atoms with Gasteiger partial charge in [-0.2, -0.15) is 0 Å². The van der Waals surface area contributed by atoms with Crippen LogP contribution >= 0.6 is 0 Å². The van der Waals surface area contributed by atoms with Gasteiger partial charge in [-0.15, -0.1) is 0 Å². The van der Waals surface area contributed by atoms with Gasteiger partial charge in [0.2, 0.25) is 5.76 Å². The maximum atomic E-state index is 10.8. The molecule has 0 radical (unpaired) electrons. The van der Waals surface area contributed by atoms with E-state index in [4.69, 9.17) is 0 Å². The smallest absolute Gasteiger partial charge is 0.379 e. The van der Waals surface area contributed by atoms with E-state index < -0.39 is 11.0 Å². The molecule has 1 heterocycles. The molecule has 10 heavy (non-hydrogen) atoms. The van der Waals surface area contributed by atoms with Crippen LogP contribution in [0.3, 0.4) is 0 Å². The zero-order valence-corrected chi connectivity index (χ0v) is 5.46. The van der Waals surface area contributed by atoms with Gasteiger partial charge in [-0.25, -0.2) is 4.79 Å². The minimum Gasteiger partial charge on any atom is -0.627 e. The first-order chi connectivity index (χ1) is 4.72. The van der Waals surface area contributed by atoms with Gasteiger partial charge in [-0.1, -0.05) is 0 Å². The number of carbonyl (C=O) groups is 1. The number of furan rings is 1. The van der Waals surface area contributed by atoms with Crippen LogP contribution in [-0.2, 0) is 0 Å². The number of rotatable bonds is 1. The fourth-order valence-electron chi connectivity index (χ4n) is 0.581. The van der Waals surface area contributed by atoms with Crippen molar-refractivity contribution in [3.63, 3.8) is 0 Å². The summed E-state index contributed by atoms with van der Waals surface area (Å²) in [7, 11) is 1.21. The Labute approximate surface area is 57.6 Å². The number of amides is 1. The van der Waals surface area contributed by atoms with Gasteiger partial charge in [0.1, 0.15) is 0 Å². The van der Waals surface area contributed by atoms with Crippen molar-refractivity contribution >= 4 is 5.91 Å². The molecule has 4 nitrogen and oxygen atoms in total. The molecule has 0 saturated heterocycles. The Balaban J connectivity index is 2.78. The molecule has 1 rings (SSSR count). The number of carbonyl (C=O) groups excluding carboxylic acids is 1. The third-order valence-electron chi connectivity index (χ3n) is 1.06. The molecule has 1 unspecified atom stereocenters. The van der Waals surface area contributed by atoms with E-state index in [0.717, 1.165) is 0 Å². The lowest BCUT2D eigenvalue weighted by atomic mass is 10.4. The summed E-state index contributed by atoms with van der Waals surface area (Å²) >= 11 is 0. The van der Waals surface area contributed by atoms with Crippen LogP contribution in [0.4, 0.5) is 0 Å². The van der Waals surface area contributed by atoms with Crippen LogP contribution in [0.5, 0.6) is 0 Å². The average molecular weight is 141 g/mol. The monoisotopic (exact) mass is 141 g/mol. The van der Waals surface area contributed by atoms with Crippen molar-refractivity contribution in [2.24, 2.45) is 0 Å². The minimum absolute atomic E-state index is 0.104. The fourth-order valence-corrected chi connectivity index (χ4v) is 0.581. The molecule has 0 fully saturated rings. The zero-order chi connectivity index (χ0) is 7.56. The molecule has 1 atom stereocenters. The highest BCUT2D eigenvalue weighted by molar-refractivity contribution is 5.83. The molecule has 0 aliphatic heterocycles. The number of hydroxylamine groups is 2. The molecule has 54 valence electrons. The van der Waals surface area contributed by atoms with Gasteiger partial charge < -0.3 is 14.7 Å². The molecule has 1 aromatic rings. The first kappa shape index (κ1) is 6.98. The Morgan fingerprint density at radius 2 is 2.50 bits per heavy atom. The van der Waals surface area contributed by atoms with Crippen molar-refractivity contribution in [2.75, 3.05) is 7.05 Å². The summed E-state index contributed by atoms with van der Waals surface area (Å²) in [5.74, 6) is -0.475. The second kappa shape index (κ2) is 2.64. The Morgan fingerprint density at radius 3 is 2.90 bits per heavy atom. The van der Waals surface area contributed by atoms with Crippen molar-refractivity contribution in [2.45, 2.75) is 0 Å². The number of hydrogen-bond donors (Lipinski definition) is 1. The van der Waals surface area contributed by atoms with E-state index in [2.05, 4.69) is 4.42 Å². The van der Waals surface area contributed by atoms with E-state index in [0.29, 0.717) is 0 Å². The lowest BCUT2D eigenvalue weighted by Crippen LogP contribution is -3.06. The van der Waals surface area contributed by atoms with Crippen molar-refractivity contribution in [3.8, 4) is 0 Å². The normalized spacial score (nSPS) is 13.0. The molecule has 1 aromatic heterocycles. The van der Waals surface area contributed by atoms with E-state index in [1.807, 2.05) is 0 Å². The SMILES string of the molecule is C[NH+]([O-])C(=O)c1ccco1. The minimum atomic E-state index is -0.579. The standard InChI is InChI=1S/C6H7NO3/c1-7(9)6(8)5-3-2-4-10-5/h2-4,7H,1H3. The fraction of sp³-hybridized carbons (Fsp3) is 0.167. The molecule has 0 spiro atoms. The lowest BCUT2D eigenvalue weighted by molar-refractivity contribution is -0.733. The molecule has 0 bridgehead atoms. The summed E-state index contributed by atoms with van der Waals surface area (Å²) in [5.41, 5.74) is 0. The van der Waals surface area contributed by atoms with Gasteiger partial charge in [0.25, 0.3) is 0 Å². The van der Waals surface area contributed by atoms with E-state index in [1.54, 1.807) is 6.07 Å². The molecular weight excluding hydrogens is 134 g/mol. The molecular formula is C6H7NO3. The lowest BCUT2D eigenvalue weighted by Gasteiger charge is -2.09. The summed E-state index contributed by atoms with van der Waals surface area (Å²) < 4.78 is 4.69. The molecule has 1 N–H and O–H groups in total. The Bertz CT molecular complexity index is 215. The van der Waals surface area contributed by atoms with Crippen LogP contribution < -0.4 is 5.06 Å². The maximum Gasteiger partial charge on any atom is 0.379 e. The highest BCUT2D eigenvalue weighted by atomic mass is 16.5. The van der Waals surface area contributed by atoms with Crippen LogP contribution in [0.1, 0.15) is 10.6 Å². The molecule has 4 heteroatoms. The topological polar surface area (TPSA) is 57.7 Å². The summed E-state index contributed by atoms with van der Waals surface area (Å²) in [4.78, 5) is 10.8. The molecule has 0 saturated carbocycles. The van der Waals surface area contributed by atoms with E-state index in [9.17, 15) is 10.0 Å². The van der Waals surface area contributed by atoms with Crippen LogP contribution in [0.25, 0.3) is 0 Å². The predicted molar refractivity (Wildman–Crippen MR) is 33.3 cm³/mol. The van der Waals surface area contributed by atoms with Gasteiger partial charge in [0.15, 0.2) is 0 Å². The van der Waals surface area contributed by atoms with Crippen molar-refractivity contribution in [1.82, 2.24) is 0 Å². The predicted octanol–water partition coefficient (Wildman–Crippen LogP) is -0.568. The number of nitrogens with one attached hydrogen (secondary N) is 1. The third kappa shape index (κ3) is 1.23. The zero-order valence-electron chi connectivity index (χ0n) is 5.46. The second-order valence-electron chi connectivity index (χ2n) is 1.86. The van der Waals surface area contributed by atoms with Crippen molar-refractivity contribution in [1.29, 1.82) is 0 Å². The number of hydrogen-bond acceptors (Lipinski definition) is 3. The first-order valence-electron chi connectivity index (χ1n) is 2.80. The van der Waals surface area contributed by atoms with Gasteiger partial charge in [0.05, 0.1) is 13.3 Å². The Morgan fingerprint density at radius 1 is 1.80 bits per heavy atom. The van der Waals surface area contributed by atoms with Crippen LogP contribution in [0, 0.1) is 5.21 Å². The highest BCUT2D eigenvalue weighted by Gasteiger charge is 2.12. The second-order valence-corrected chi connectivity index (χ2v) is 1.86. The third-order valence-corrected chi connectivity index (χ3v) is 1.06. The summed E-state index contributed by atoms with van der Waals surface area (Å²) in [6, 6.07) is 3.03. The average Bonchev–Trinajstić information content (AvgIpc) is 2.36. The van der Waals surface area contributed by atoms with Crippen molar-refractivity contribution in [3.05, 3.63) is 29.4 Å². The van der Waals surface area contributed by atoms with E-state index in [-0.39, 0.29) is 5.76 Å².